The van der Waals surface area contributed by atoms with Crippen LogP contribution in [0.15, 0.2) is 59.7 Å². The third-order valence-electron chi connectivity index (χ3n) is 2.87. The van der Waals surface area contributed by atoms with Gasteiger partial charge in [0.15, 0.2) is 0 Å². The van der Waals surface area contributed by atoms with Crippen molar-refractivity contribution in [2.24, 2.45) is 5.10 Å². The largest absolute Gasteiger partial charge is 0.443 e. The molecule has 0 radical (unpaired) electrons. The van der Waals surface area contributed by atoms with Gasteiger partial charge in [-0.3, -0.25) is 0 Å². The summed E-state index contributed by atoms with van der Waals surface area (Å²) in [7, 11) is 0. The molecule has 130 valence electrons. The Labute approximate surface area is 146 Å². The molecular weight excluding hydrogens is 320 g/mol. The molecule has 25 heavy (non-hydrogen) atoms. The first-order valence-electron chi connectivity index (χ1n) is 7.73. The molecule has 0 aliphatic carbocycles. The highest BCUT2D eigenvalue weighted by atomic mass is 16.6. The molecule has 0 aliphatic heterocycles. The van der Waals surface area contributed by atoms with Gasteiger partial charge in [-0.2, -0.15) is 5.10 Å². The molecule has 2 aromatic carbocycles. The van der Waals surface area contributed by atoms with Crippen LogP contribution in [0.2, 0.25) is 0 Å². The lowest BCUT2D eigenvalue weighted by Crippen LogP contribution is -2.29. The molecule has 0 spiro atoms. The molecule has 6 heteroatoms. The Bertz CT molecular complexity index is 747. The maximum Gasteiger partial charge on any atom is 0.428 e. The maximum absolute atomic E-state index is 12.0. The van der Waals surface area contributed by atoms with Crippen LogP contribution in [-0.4, -0.2) is 23.9 Å². The van der Waals surface area contributed by atoms with E-state index < -0.39 is 17.7 Å². The Hall–Kier alpha value is -3.15. The van der Waals surface area contributed by atoms with Gasteiger partial charge in [-0.15, -0.1) is 0 Å². The zero-order chi connectivity index (χ0) is 18.3. The van der Waals surface area contributed by atoms with Gasteiger partial charge in [0.25, 0.3) is 0 Å². The first kappa shape index (κ1) is 18.2. The van der Waals surface area contributed by atoms with E-state index in [0.29, 0.717) is 11.3 Å². The molecule has 2 rings (SSSR count). The lowest BCUT2D eigenvalue weighted by molar-refractivity contribution is 0.0529. The molecule has 0 aromatic heterocycles. The molecule has 0 bridgehead atoms. The van der Waals surface area contributed by atoms with Crippen LogP contribution in [0.1, 0.15) is 36.7 Å². The Morgan fingerprint density at radius 1 is 1.00 bits per heavy atom. The summed E-state index contributed by atoms with van der Waals surface area (Å²) < 4.78 is 10.3. The van der Waals surface area contributed by atoms with E-state index in [2.05, 4.69) is 10.5 Å². The number of hydrogen-bond donors (Lipinski definition) is 1. The quantitative estimate of drug-likeness (QED) is 0.398. The van der Waals surface area contributed by atoms with Gasteiger partial charge in [0.05, 0.1) is 11.8 Å². The first-order valence-corrected chi connectivity index (χ1v) is 7.73. The minimum atomic E-state index is -0.628. The Balaban J connectivity index is 1.88. The van der Waals surface area contributed by atoms with Gasteiger partial charge in [-0.25, -0.2) is 15.0 Å². The highest BCUT2D eigenvalue weighted by Crippen LogP contribution is 2.13. The monoisotopic (exact) mass is 340 g/mol. The number of hydrazone groups is 1. The van der Waals surface area contributed by atoms with Crippen molar-refractivity contribution in [2.45, 2.75) is 26.4 Å². The van der Waals surface area contributed by atoms with Crippen LogP contribution >= 0.6 is 0 Å². The summed E-state index contributed by atoms with van der Waals surface area (Å²) in [6, 6.07) is 15.5. The van der Waals surface area contributed by atoms with E-state index in [4.69, 9.17) is 9.47 Å². The second-order valence-corrected chi connectivity index (χ2v) is 6.20. The molecule has 2 aromatic rings. The average molecular weight is 340 g/mol. The Kier molecular flexibility index (Phi) is 5.89. The van der Waals surface area contributed by atoms with Gasteiger partial charge in [-0.1, -0.05) is 18.2 Å². The number of nitrogens with zero attached hydrogens (tertiary/aromatic N) is 1. The van der Waals surface area contributed by atoms with Crippen LogP contribution in [0.4, 0.5) is 4.79 Å². The fourth-order valence-electron chi connectivity index (χ4n) is 1.82. The highest BCUT2D eigenvalue weighted by molar-refractivity contribution is 5.91. The van der Waals surface area contributed by atoms with Gasteiger partial charge in [0, 0.05) is 0 Å². The van der Waals surface area contributed by atoms with Crippen LogP contribution < -0.4 is 10.2 Å². The number of esters is 1. The molecule has 0 aliphatic rings. The summed E-state index contributed by atoms with van der Waals surface area (Å²) in [5, 5.41) is 3.81. The van der Waals surface area contributed by atoms with E-state index in [9.17, 15) is 9.59 Å². The molecule has 0 fully saturated rings. The number of rotatable bonds is 4. The number of carbonyl (C=O) groups is 2. The van der Waals surface area contributed by atoms with Crippen LogP contribution in [0.3, 0.4) is 0 Å². The van der Waals surface area contributed by atoms with Crippen molar-refractivity contribution in [1.29, 1.82) is 0 Å². The summed E-state index contributed by atoms with van der Waals surface area (Å²) in [5.74, 6) is -0.000265. The van der Waals surface area contributed by atoms with Crippen molar-refractivity contribution in [3.8, 4) is 5.75 Å². The molecule has 0 saturated carbocycles. The van der Waals surface area contributed by atoms with Crippen LogP contribution in [0.5, 0.6) is 5.75 Å². The smallest absolute Gasteiger partial charge is 0.428 e. The topological polar surface area (TPSA) is 77.0 Å². The van der Waals surface area contributed by atoms with Gasteiger partial charge >= 0.3 is 12.1 Å². The minimum absolute atomic E-state index is 0.422. The van der Waals surface area contributed by atoms with Crippen LogP contribution in [-0.2, 0) is 4.74 Å². The van der Waals surface area contributed by atoms with Crippen molar-refractivity contribution in [2.75, 3.05) is 0 Å². The summed E-state index contributed by atoms with van der Waals surface area (Å²) >= 11 is 0. The number of benzene rings is 2. The summed E-state index contributed by atoms with van der Waals surface area (Å²) in [4.78, 5) is 23.4. The van der Waals surface area contributed by atoms with Crippen molar-refractivity contribution in [3.05, 3.63) is 65.7 Å². The molecule has 0 unspecified atom stereocenters. The number of amides is 1. The molecule has 6 nitrogen and oxygen atoms in total. The molecule has 0 heterocycles. The maximum atomic E-state index is 12.0. The number of hydrogen-bond acceptors (Lipinski definition) is 5. The van der Waals surface area contributed by atoms with Gasteiger partial charge in [0.2, 0.25) is 0 Å². The predicted octanol–water partition coefficient (Wildman–Crippen LogP) is 3.76. The van der Waals surface area contributed by atoms with Crippen LogP contribution in [0, 0.1) is 0 Å². The second kappa shape index (κ2) is 8.10. The van der Waals surface area contributed by atoms with Crippen LogP contribution in [0.25, 0.3) is 0 Å². The zero-order valence-corrected chi connectivity index (χ0v) is 14.4. The molecular formula is C19H20N2O4. The molecule has 0 saturated heterocycles. The van der Waals surface area contributed by atoms with Crippen molar-refractivity contribution < 1.29 is 19.1 Å². The van der Waals surface area contributed by atoms with Gasteiger partial charge in [-0.05, 0) is 62.7 Å². The van der Waals surface area contributed by atoms with Gasteiger partial charge < -0.3 is 9.47 Å². The van der Waals surface area contributed by atoms with Gasteiger partial charge in [0.1, 0.15) is 11.4 Å². The molecule has 0 atom stereocenters. The molecule has 1 amide bonds. The Morgan fingerprint density at radius 2 is 1.64 bits per heavy atom. The van der Waals surface area contributed by atoms with E-state index in [1.54, 1.807) is 69.3 Å². The Morgan fingerprint density at radius 3 is 2.24 bits per heavy atom. The lowest BCUT2D eigenvalue weighted by atomic mass is 10.2. The fourth-order valence-corrected chi connectivity index (χ4v) is 1.82. The fraction of sp³-hybridized carbons (Fsp3) is 0.211. The lowest BCUT2D eigenvalue weighted by Gasteiger charge is -2.18. The molecule has 1 N–H and O–H groups in total. The second-order valence-electron chi connectivity index (χ2n) is 6.20. The summed E-state index contributed by atoms with van der Waals surface area (Å²) in [5.41, 5.74) is 2.91. The van der Waals surface area contributed by atoms with E-state index in [1.165, 1.54) is 6.21 Å². The van der Waals surface area contributed by atoms with Crippen molar-refractivity contribution in [1.82, 2.24) is 5.43 Å². The minimum Gasteiger partial charge on any atom is -0.443 e. The van der Waals surface area contributed by atoms with Crippen molar-refractivity contribution >= 4 is 18.3 Å². The highest BCUT2D eigenvalue weighted by Gasteiger charge is 2.15. The third kappa shape index (κ3) is 6.47. The first-order chi connectivity index (χ1) is 11.8. The third-order valence-corrected chi connectivity index (χ3v) is 2.87. The summed E-state index contributed by atoms with van der Waals surface area (Å²) in [6.07, 6.45) is 0.837. The standard InChI is InChI=1S/C19H20N2O4/c1-19(2,3)25-18(23)21-20-13-14-9-11-16(12-10-14)24-17(22)15-7-5-4-6-8-15/h4-13H,1-3H3,(H,21,23)/b20-13-. The predicted molar refractivity (Wildman–Crippen MR) is 94.8 cm³/mol. The number of nitrogens with one attached hydrogen (secondary N) is 1. The number of carbonyl (C=O) groups excluding carboxylic acids is 2. The number of ether oxygens (including phenoxy) is 2. The normalized spacial score (nSPS) is 11.2. The van der Waals surface area contributed by atoms with E-state index in [1.807, 2.05) is 6.07 Å². The average Bonchev–Trinajstić information content (AvgIpc) is 2.55. The summed E-state index contributed by atoms with van der Waals surface area (Å²) in [6.45, 7) is 5.31. The van der Waals surface area contributed by atoms with E-state index in [0.717, 1.165) is 5.56 Å². The SMILES string of the molecule is CC(C)(C)OC(=O)N/N=C\c1ccc(OC(=O)c2ccccc2)cc1. The zero-order valence-electron chi connectivity index (χ0n) is 14.4. The van der Waals surface area contributed by atoms with E-state index in [-0.39, 0.29) is 0 Å². The van der Waals surface area contributed by atoms with E-state index >= 15 is 0 Å². The van der Waals surface area contributed by atoms with Crippen molar-refractivity contribution in [3.63, 3.8) is 0 Å².